The third-order valence-corrected chi connectivity index (χ3v) is 1.29. The van der Waals surface area contributed by atoms with Crippen molar-refractivity contribution in [2.75, 3.05) is 6.61 Å². The van der Waals surface area contributed by atoms with Gasteiger partial charge in [-0.1, -0.05) is 13.8 Å². The van der Waals surface area contributed by atoms with Crippen LogP contribution < -0.4 is 5.32 Å². The van der Waals surface area contributed by atoms with Gasteiger partial charge in [-0.15, -0.1) is 0 Å². The zero-order valence-electron chi connectivity index (χ0n) is 7.69. The lowest BCUT2D eigenvalue weighted by molar-refractivity contribution is 0.113. The lowest BCUT2D eigenvalue weighted by atomic mass is 10.1. The maximum absolute atomic E-state index is 5.26. The van der Waals surface area contributed by atoms with E-state index in [1.807, 2.05) is 20.8 Å². The molecular formula is C8H19NO. The number of rotatable bonds is 0. The predicted octanol–water partition coefficient (Wildman–Crippen LogP) is 1.76. The van der Waals surface area contributed by atoms with Gasteiger partial charge in [-0.05, 0) is 20.8 Å². The van der Waals surface area contributed by atoms with Crippen molar-refractivity contribution < 1.29 is 4.74 Å². The van der Waals surface area contributed by atoms with Crippen molar-refractivity contribution in [1.29, 1.82) is 0 Å². The van der Waals surface area contributed by atoms with Crippen LogP contribution in [0.3, 0.4) is 0 Å². The molecule has 1 unspecified atom stereocenters. The smallest absolute Gasteiger partial charge is 0.105 e. The van der Waals surface area contributed by atoms with Crippen LogP contribution >= 0.6 is 0 Å². The van der Waals surface area contributed by atoms with Crippen molar-refractivity contribution >= 4 is 0 Å². The van der Waals surface area contributed by atoms with Crippen molar-refractivity contribution in [2.24, 2.45) is 0 Å². The van der Waals surface area contributed by atoms with Gasteiger partial charge < -0.3 is 4.74 Å². The standard InChI is InChI=1S/C6H13NO.C2H6/c1-5-7-6(2,3)4-8-5;1-2/h5,7H,4H2,1-3H3;1-2H3. The lowest BCUT2D eigenvalue weighted by Gasteiger charge is -2.14. The van der Waals surface area contributed by atoms with Gasteiger partial charge in [-0.3, -0.25) is 5.32 Å². The summed E-state index contributed by atoms with van der Waals surface area (Å²) < 4.78 is 5.26. The summed E-state index contributed by atoms with van der Waals surface area (Å²) in [5.74, 6) is 0. The van der Waals surface area contributed by atoms with Gasteiger partial charge in [-0.2, -0.15) is 0 Å². The Balaban J connectivity index is 0.000000371. The van der Waals surface area contributed by atoms with Crippen molar-refractivity contribution in [3.8, 4) is 0 Å². The number of nitrogens with one attached hydrogen (secondary N) is 1. The second kappa shape index (κ2) is 3.94. The highest BCUT2D eigenvalue weighted by molar-refractivity contribution is 4.82. The Morgan fingerprint density at radius 3 is 2.00 bits per heavy atom. The fourth-order valence-electron chi connectivity index (χ4n) is 0.967. The number of hydrogen-bond donors (Lipinski definition) is 1. The van der Waals surface area contributed by atoms with Gasteiger partial charge in [0, 0.05) is 5.54 Å². The van der Waals surface area contributed by atoms with Gasteiger partial charge in [0.15, 0.2) is 0 Å². The summed E-state index contributed by atoms with van der Waals surface area (Å²) >= 11 is 0. The molecule has 1 N–H and O–H groups in total. The van der Waals surface area contributed by atoms with Crippen LogP contribution in [0, 0.1) is 0 Å². The first-order valence-corrected chi connectivity index (χ1v) is 3.99. The van der Waals surface area contributed by atoms with E-state index in [2.05, 4.69) is 19.2 Å². The molecule has 0 aliphatic carbocycles. The van der Waals surface area contributed by atoms with E-state index in [1.54, 1.807) is 0 Å². The highest BCUT2D eigenvalue weighted by atomic mass is 16.5. The molecule has 2 heteroatoms. The SMILES string of the molecule is CC.CC1NC(C)(C)CO1. The molecule has 0 aromatic heterocycles. The Hall–Kier alpha value is -0.0800. The maximum Gasteiger partial charge on any atom is 0.105 e. The molecule has 0 saturated carbocycles. The highest BCUT2D eigenvalue weighted by Gasteiger charge is 2.27. The number of hydrogen-bond acceptors (Lipinski definition) is 2. The van der Waals surface area contributed by atoms with Crippen molar-refractivity contribution in [3.63, 3.8) is 0 Å². The Kier molecular flexibility index (Phi) is 3.91. The minimum absolute atomic E-state index is 0.194. The molecular weight excluding hydrogens is 126 g/mol. The Bertz CT molecular complexity index is 91.3. The summed E-state index contributed by atoms with van der Waals surface area (Å²) in [5, 5.41) is 3.27. The molecule has 1 aliphatic heterocycles. The second-order valence-corrected chi connectivity index (χ2v) is 2.98. The fraction of sp³-hybridized carbons (Fsp3) is 1.00. The van der Waals surface area contributed by atoms with E-state index in [0.717, 1.165) is 6.61 Å². The summed E-state index contributed by atoms with van der Waals surface area (Å²) in [6.45, 7) is 11.1. The van der Waals surface area contributed by atoms with Crippen molar-refractivity contribution in [2.45, 2.75) is 46.4 Å². The average Bonchev–Trinajstić information content (AvgIpc) is 2.15. The molecule has 0 aromatic carbocycles. The van der Waals surface area contributed by atoms with Crippen LogP contribution in [0.4, 0.5) is 0 Å². The first-order valence-electron chi connectivity index (χ1n) is 3.99. The van der Waals surface area contributed by atoms with Crippen LogP contribution in [0.15, 0.2) is 0 Å². The van der Waals surface area contributed by atoms with Gasteiger partial charge in [0.05, 0.1) is 6.61 Å². The average molecular weight is 145 g/mol. The van der Waals surface area contributed by atoms with Crippen molar-refractivity contribution in [3.05, 3.63) is 0 Å². The maximum atomic E-state index is 5.26. The van der Waals surface area contributed by atoms with Crippen LogP contribution in [-0.2, 0) is 4.74 Å². The van der Waals surface area contributed by atoms with E-state index in [1.165, 1.54) is 0 Å². The molecule has 0 radical (unpaired) electrons. The molecule has 10 heavy (non-hydrogen) atoms. The van der Waals surface area contributed by atoms with E-state index < -0.39 is 0 Å². The lowest BCUT2D eigenvalue weighted by Crippen LogP contribution is -2.37. The molecule has 0 spiro atoms. The number of ether oxygens (including phenoxy) is 1. The molecule has 0 amide bonds. The van der Waals surface area contributed by atoms with Crippen LogP contribution in [0.1, 0.15) is 34.6 Å². The Labute approximate surface area is 64.0 Å². The first kappa shape index (κ1) is 9.92. The third kappa shape index (κ3) is 3.18. The van der Waals surface area contributed by atoms with Crippen LogP contribution in [0.2, 0.25) is 0 Å². The second-order valence-electron chi connectivity index (χ2n) is 2.98. The summed E-state index contributed by atoms with van der Waals surface area (Å²) in [7, 11) is 0. The third-order valence-electron chi connectivity index (χ3n) is 1.29. The fourth-order valence-corrected chi connectivity index (χ4v) is 0.967. The van der Waals surface area contributed by atoms with E-state index in [9.17, 15) is 0 Å². The van der Waals surface area contributed by atoms with Gasteiger partial charge in [0.25, 0.3) is 0 Å². The van der Waals surface area contributed by atoms with Gasteiger partial charge in [0.2, 0.25) is 0 Å². The molecule has 1 rings (SSSR count). The van der Waals surface area contributed by atoms with E-state index in [-0.39, 0.29) is 11.8 Å². The Morgan fingerprint density at radius 2 is 1.90 bits per heavy atom. The highest BCUT2D eigenvalue weighted by Crippen LogP contribution is 2.12. The first-order chi connectivity index (χ1) is 4.60. The van der Waals surface area contributed by atoms with Crippen LogP contribution in [-0.4, -0.2) is 18.4 Å². The van der Waals surface area contributed by atoms with Gasteiger partial charge in [0.1, 0.15) is 6.23 Å². The summed E-state index contributed by atoms with van der Waals surface area (Å²) in [4.78, 5) is 0. The zero-order chi connectivity index (χ0) is 8.20. The Morgan fingerprint density at radius 1 is 1.40 bits per heavy atom. The normalized spacial score (nSPS) is 29.1. The quantitative estimate of drug-likeness (QED) is 0.561. The summed E-state index contributed by atoms with van der Waals surface area (Å²) in [5.41, 5.74) is 0.194. The van der Waals surface area contributed by atoms with E-state index in [4.69, 9.17) is 4.74 Å². The largest absolute Gasteiger partial charge is 0.362 e. The molecule has 1 atom stereocenters. The molecule has 0 bridgehead atoms. The summed E-state index contributed by atoms with van der Waals surface area (Å²) in [6, 6.07) is 0. The molecule has 1 saturated heterocycles. The zero-order valence-corrected chi connectivity index (χ0v) is 7.69. The van der Waals surface area contributed by atoms with Crippen molar-refractivity contribution in [1.82, 2.24) is 5.32 Å². The molecule has 2 nitrogen and oxygen atoms in total. The predicted molar refractivity (Wildman–Crippen MR) is 44.0 cm³/mol. The molecule has 1 aliphatic rings. The van der Waals surface area contributed by atoms with Gasteiger partial charge in [-0.25, -0.2) is 0 Å². The van der Waals surface area contributed by atoms with Gasteiger partial charge >= 0.3 is 0 Å². The van der Waals surface area contributed by atoms with Crippen LogP contribution in [0.5, 0.6) is 0 Å². The summed E-state index contributed by atoms with van der Waals surface area (Å²) in [6.07, 6.45) is 0.241. The molecule has 62 valence electrons. The molecule has 1 heterocycles. The molecule has 1 fully saturated rings. The minimum Gasteiger partial charge on any atom is -0.362 e. The topological polar surface area (TPSA) is 21.3 Å². The van der Waals surface area contributed by atoms with E-state index >= 15 is 0 Å². The minimum atomic E-state index is 0.194. The monoisotopic (exact) mass is 145 g/mol. The van der Waals surface area contributed by atoms with E-state index in [0.29, 0.717) is 0 Å². The van der Waals surface area contributed by atoms with Crippen LogP contribution in [0.25, 0.3) is 0 Å². The molecule has 0 aromatic rings.